The molecule has 6 nitrogen and oxygen atoms in total. The number of hydrogen-bond donors (Lipinski definition) is 0. The molecule has 2 heterocycles. The van der Waals surface area contributed by atoms with Gasteiger partial charge in [0.05, 0.1) is 11.1 Å². The Morgan fingerprint density at radius 1 is 1.17 bits per heavy atom. The lowest BCUT2D eigenvalue weighted by atomic mass is 10.1. The van der Waals surface area contributed by atoms with Gasteiger partial charge in [-0.25, -0.2) is 13.4 Å². The van der Waals surface area contributed by atoms with Gasteiger partial charge in [0.25, 0.3) is 0 Å². The lowest BCUT2D eigenvalue weighted by Crippen LogP contribution is -2.33. The molecule has 0 radical (unpaired) electrons. The molecule has 130 valence electrons. The minimum atomic E-state index is -3.45. The fourth-order valence-electron chi connectivity index (χ4n) is 3.11. The molecule has 0 bridgehead atoms. The standard InChI is InChI=1S/C17H23N3O3S/c1-19(2)15-4-3-10-20(11-9-15)24(21,22)16-7-5-14(6-8-16)17-12-18-13-23-17/h5-8,12-13,15H,3-4,9-11H2,1-2H3. The third-order valence-electron chi connectivity index (χ3n) is 4.60. The highest BCUT2D eigenvalue weighted by Gasteiger charge is 2.28. The van der Waals surface area contributed by atoms with E-state index >= 15 is 0 Å². The summed E-state index contributed by atoms with van der Waals surface area (Å²) in [6.07, 6.45) is 5.75. The molecule has 1 aromatic heterocycles. The monoisotopic (exact) mass is 349 g/mol. The Labute approximate surface area is 143 Å². The van der Waals surface area contributed by atoms with Crippen molar-refractivity contribution in [2.45, 2.75) is 30.2 Å². The van der Waals surface area contributed by atoms with E-state index in [2.05, 4.69) is 24.0 Å². The van der Waals surface area contributed by atoms with Crippen LogP contribution >= 0.6 is 0 Å². The van der Waals surface area contributed by atoms with Gasteiger partial charge in [0, 0.05) is 24.7 Å². The van der Waals surface area contributed by atoms with Crippen LogP contribution < -0.4 is 0 Å². The molecular weight excluding hydrogens is 326 g/mol. The lowest BCUT2D eigenvalue weighted by Gasteiger charge is -2.23. The van der Waals surface area contributed by atoms with E-state index in [1.807, 2.05) is 0 Å². The fourth-order valence-corrected chi connectivity index (χ4v) is 4.60. The summed E-state index contributed by atoms with van der Waals surface area (Å²) in [5, 5.41) is 0. The third-order valence-corrected chi connectivity index (χ3v) is 6.51. The molecule has 0 spiro atoms. The van der Waals surface area contributed by atoms with E-state index < -0.39 is 10.0 Å². The predicted octanol–water partition coefficient (Wildman–Crippen LogP) is 2.45. The first-order chi connectivity index (χ1) is 11.5. The highest BCUT2D eigenvalue weighted by atomic mass is 32.2. The summed E-state index contributed by atoms with van der Waals surface area (Å²) < 4.78 is 32.6. The van der Waals surface area contributed by atoms with Crippen LogP contribution in [0.5, 0.6) is 0 Å². The van der Waals surface area contributed by atoms with Gasteiger partial charge in [0.1, 0.15) is 0 Å². The number of rotatable bonds is 4. The Kier molecular flexibility index (Phi) is 5.03. The van der Waals surface area contributed by atoms with Gasteiger partial charge < -0.3 is 9.32 Å². The zero-order valence-electron chi connectivity index (χ0n) is 14.1. The van der Waals surface area contributed by atoms with Crippen molar-refractivity contribution in [3.63, 3.8) is 0 Å². The molecule has 1 atom stereocenters. The van der Waals surface area contributed by atoms with Gasteiger partial charge in [-0.1, -0.05) is 0 Å². The number of benzene rings is 1. The smallest absolute Gasteiger partial charge is 0.243 e. The number of oxazole rings is 1. The maximum atomic E-state index is 12.9. The summed E-state index contributed by atoms with van der Waals surface area (Å²) in [6, 6.07) is 7.24. The summed E-state index contributed by atoms with van der Waals surface area (Å²) in [7, 11) is 0.654. The summed E-state index contributed by atoms with van der Waals surface area (Å²) >= 11 is 0. The quantitative estimate of drug-likeness (QED) is 0.848. The van der Waals surface area contributed by atoms with Gasteiger partial charge in [0.15, 0.2) is 12.2 Å². The normalized spacial score (nSPS) is 20.2. The SMILES string of the molecule is CN(C)C1CCCN(S(=O)(=O)c2ccc(-c3cnco3)cc2)CC1. The lowest BCUT2D eigenvalue weighted by molar-refractivity contribution is 0.268. The predicted molar refractivity (Wildman–Crippen MR) is 92.0 cm³/mol. The number of sulfonamides is 1. The summed E-state index contributed by atoms with van der Waals surface area (Å²) in [5.74, 6) is 0.627. The molecule has 1 aliphatic heterocycles. The molecule has 0 aliphatic carbocycles. The van der Waals surface area contributed by atoms with Crippen molar-refractivity contribution in [3.8, 4) is 11.3 Å². The Balaban J connectivity index is 1.77. The van der Waals surface area contributed by atoms with Crippen molar-refractivity contribution >= 4 is 10.0 Å². The van der Waals surface area contributed by atoms with Crippen LogP contribution in [0.2, 0.25) is 0 Å². The van der Waals surface area contributed by atoms with Gasteiger partial charge in [-0.3, -0.25) is 0 Å². The Bertz CT molecular complexity index is 755. The minimum absolute atomic E-state index is 0.328. The van der Waals surface area contributed by atoms with Gasteiger partial charge in [-0.15, -0.1) is 0 Å². The maximum absolute atomic E-state index is 12.9. The second-order valence-electron chi connectivity index (χ2n) is 6.34. The van der Waals surface area contributed by atoms with Crippen LogP contribution in [-0.4, -0.2) is 55.8 Å². The number of aromatic nitrogens is 1. The van der Waals surface area contributed by atoms with Crippen LogP contribution in [-0.2, 0) is 10.0 Å². The van der Waals surface area contributed by atoms with E-state index in [9.17, 15) is 8.42 Å². The topological polar surface area (TPSA) is 66.7 Å². The molecule has 1 aliphatic rings. The molecule has 1 aromatic carbocycles. The van der Waals surface area contributed by atoms with Crippen LogP contribution in [0.15, 0.2) is 46.2 Å². The van der Waals surface area contributed by atoms with Crippen molar-refractivity contribution < 1.29 is 12.8 Å². The summed E-state index contributed by atoms with van der Waals surface area (Å²) in [6.45, 7) is 1.14. The van der Waals surface area contributed by atoms with E-state index in [4.69, 9.17) is 4.42 Å². The van der Waals surface area contributed by atoms with Crippen LogP contribution in [0.3, 0.4) is 0 Å². The van der Waals surface area contributed by atoms with Crippen molar-refractivity contribution in [2.75, 3.05) is 27.2 Å². The van der Waals surface area contributed by atoms with Gasteiger partial charge in [0.2, 0.25) is 10.0 Å². The van der Waals surface area contributed by atoms with Crippen molar-refractivity contribution in [2.24, 2.45) is 0 Å². The van der Waals surface area contributed by atoms with Gasteiger partial charge >= 0.3 is 0 Å². The Morgan fingerprint density at radius 3 is 2.54 bits per heavy atom. The minimum Gasteiger partial charge on any atom is -0.444 e. The first-order valence-corrected chi connectivity index (χ1v) is 9.58. The largest absolute Gasteiger partial charge is 0.444 e. The third kappa shape index (κ3) is 3.53. The van der Waals surface area contributed by atoms with E-state index in [1.165, 1.54) is 6.39 Å². The average molecular weight is 349 g/mol. The summed E-state index contributed by atoms with van der Waals surface area (Å²) in [5.41, 5.74) is 0.815. The Hall–Kier alpha value is -1.70. The zero-order valence-corrected chi connectivity index (χ0v) is 14.9. The second kappa shape index (κ2) is 7.04. The molecule has 0 amide bonds. The highest BCUT2D eigenvalue weighted by Crippen LogP contribution is 2.25. The first kappa shape index (κ1) is 17.1. The molecule has 1 unspecified atom stereocenters. The Morgan fingerprint density at radius 2 is 1.92 bits per heavy atom. The maximum Gasteiger partial charge on any atom is 0.243 e. The van der Waals surface area contributed by atoms with Crippen molar-refractivity contribution in [1.82, 2.24) is 14.2 Å². The molecule has 2 aromatic rings. The number of nitrogens with zero attached hydrogens (tertiary/aromatic N) is 3. The van der Waals surface area contributed by atoms with Crippen LogP contribution in [0, 0.1) is 0 Å². The fraction of sp³-hybridized carbons (Fsp3) is 0.471. The van der Waals surface area contributed by atoms with Crippen molar-refractivity contribution in [1.29, 1.82) is 0 Å². The van der Waals surface area contributed by atoms with Gasteiger partial charge in [-0.2, -0.15) is 4.31 Å². The molecule has 24 heavy (non-hydrogen) atoms. The highest BCUT2D eigenvalue weighted by molar-refractivity contribution is 7.89. The number of hydrogen-bond acceptors (Lipinski definition) is 5. The molecule has 7 heteroatoms. The van der Waals surface area contributed by atoms with Gasteiger partial charge in [-0.05, 0) is 57.6 Å². The first-order valence-electron chi connectivity index (χ1n) is 8.14. The van der Waals surface area contributed by atoms with Crippen LogP contribution in [0.1, 0.15) is 19.3 Å². The molecule has 0 saturated carbocycles. The molecule has 1 fully saturated rings. The van der Waals surface area contributed by atoms with Crippen LogP contribution in [0.4, 0.5) is 0 Å². The average Bonchev–Trinajstić information content (AvgIpc) is 2.98. The molecule has 1 saturated heterocycles. The molecule has 0 N–H and O–H groups in total. The van der Waals surface area contributed by atoms with E-state index in [1.54, 1.807) is 34.8 Å². The van der Waals surface area contributed by atoms with E-state index in [0.717, 1.165) is 24.8 Å². The molecular formula is C17H23N3O3S. The van der Waals surface area contributed by atoms with Crippen LogP contribution in [0.25, 0.3) is 11.3 Å². The summed E-state index contributed by atoms with van der Waals surface area (Å²) in [4.78, 5) is 6.39. The van der Waals surface area contributed by atoms with Crippen molar-refractivity contribution in [3.05, 3.63) is 36.9 Å². The zero-order chi connectivity index (χ0) is 17.2. The van der Waals surface area contributed by atoms with E-state index in [-0.39, 0.29) is 0 Å². The molecule has 3 rings (SSSR count). The van der Waals surface area contributed by atoms with E-state index in [0.29, 0.717) is 29.8 Å². The second-order valence-corrected chi connectivity index (χ2v) is 8.28.